The van der Waals surface area contributed by atoms with Crippen molar-refractivity contribution >= 4 is 33.6 Å². The largest absolute Gasteiger partial charge is 0.475 e. The Balaban J connectivity index is 1.89. The van der Waals surface area contributed by atoms with Gasteiger partial charge in [-0.2, -0.15) is 0 Å². The van der Waals surface area contributed by atoms with Crippen LogP contribution >= 0.6 is 15.9 Å². The van der Waals surface area contributed by atoms with Crippen molar-refractivity contribution in [3.8, 4) is 0 Å². The van der Waals surface area contributed by atoms with Crippen LogP contribution in [0.4, 0.5) is 14.9 Å². The molecule has 2 amide bonds. The standard InChI is InChI=1S/C13H10BrFN2O4/c14-9-5-7(1-3-10(9)15)17-13(20)16-6-8-2-4-11(21-8)12(18)19/h1-5H,6H2,(H,18,19)(H2,16,17,20). The number of rotatable bonds is 4. The lowest BCUT2D eigenvalue weighted by Crippen LogP contribution is -2.28. The molecule has 0 spiro atoms. The van der Waals surface area contributed by atoms with Gasteiger partial charge in [-0.3, -0.25) is 0 Å². The second-order valence-corrected chi connectivity index (χ2v) is 4.86. The van der Waals surface area contributed by atoms with Crippen LogP contribution in [0.2, 0.25) is 0 Å². The van der Waals surface area contributed by atoms with Crippen LogP contribution in [-0.4, -0.2) is 17.1 Å². The number of nitrogens with one attached hydrogen (secondary N) is 2. The summed E-state index contributed by atoms with van der Waals surface area (Å²) < 4.78 is 18.3. The van der Waals surface area contributed by atoms with E-state index in [1.165, 1.54) is 30.3 Å². The van der Waals surface area contributed by atoms with E-state index in [4.69, 9.17) is 9.52 Å². The molecule has 1 heterocycles. The minimum Gasteiger partial charge on any atom is -0.475 e. The van der Waals surface area contributed by atoms with Crippen LogP contribution in [0.3, 0.4) is 0 Å². The Bertz CT molecular complexity index is 687. The number of benzene rings is 1. The first kappa shape index (κ1) is 15.0. The van der Waals surface area contributed by atoms with E-state index in [9.17, 15) is 14.0 Å². The lowest BCUT2D eigenvalue weighted by molar-refractivity contribution is 0.0660. The highest BCUT2D eigenvalue weighted by Crippen LogP contribution is 2.19. The van der Waals surface area contributed by atoms with Crippen molar-refractivity contribution in [2.24, 2.45) is 0 Å². The van der Waals surface area contributed by atoms with Gasteiger partial charge in [0.15, 0.2) is 0 Å². The molecule has 0 aliphatic rings. The Morgan fingerprint density at radius 2 is 2.05 bits per heavy atom. The summed E-state index contributed by atoms with van der Waals surface area (Å²) in [5.41, 5.74) is 0.409. The maximum Gasteiger partial charge on any atom is 0.371 e. The second kappa shape index (κ2) is 6.40. The van der Waals surface area contributed by atoms with Gasteiger partial charge >= 0.3 is 12.0 Å². The Hall–Kier alpha value is -2.35. The summed E-state index contributed by atoms with van der Waals surface area (Å²) in [6.45, 7) is 0.0292. The van der Waals surface area contributed by atoms with Crippen molar-refractivity contribution < 1.29 is 23.5 Å². The van der Waals surface area contributed by atoms with E-state index in [1.807, 2.05) is 0 Å². The smallest absolute Gasteiger partial charge is 0.371 e. The minimum absolute atomic E-state index is 0.0292. The summed E-state index contributed by atoms with van der Waals surface area (Å²) >= 11 is 3.01. The van der Waals surface area contributed by atoms with Gasteiger partial charge in [0.1, 0.15) is 11.6 Å². The van der Waals surface area contributed by atoms with Gasteiger partial charge in [0.2, 0.25) is 5.76 Å². The number of halogens is 2. The molecule has 110 valence electrons. The Morgan fingerprint density at radius 1 is 1.29 bits per heavy atom. The van der Waals surface area contributed by atoms with E-state index in [-0.39, 0.29) is 16.8 Å². The Morgan fingerprint density at radius 3 is 2.67 bits per heavy atom. The average molecular weight is 357 g/mol. The van der Waals surface area contributed by atoms with Crippen molar-refractivity contribution in [2.75, 3.05) is 5.32 Å². The number of urea groups is 1. The molecule has 21 heavy (non-hydrogen) atoms. The van der Waals surface area contributed by atoms with Crippen molar-refractivity contribution in [1.82, 2.24) is 5.32 Å². The molecule has 0 bridgehead atoms. The zero-order chi connectivity index (χ0) is 15.4. The van der Waals surface area contributed by atoms with Crippen LogP contribution in [0, 0.1) is 5.82 Å². The number of carboxylic acids is 1. The maximum absolute atomic E-state index is 13.0. The fourth-order valence-electron chi connectivity index (χ4n) is 1.50. The van der Waals surface area contributed by atoms with E-state index in [2.05, 4.69) is 26.6 Å². The number of carbonyl (C=O) groups excluding carboxylic acids is 1. The zero-order valence-corrected chi connectivity index (χ0v) is 12.1. The molecule has 0 unspecified atom stereocenters. The monoisotopic (exact) mass is 356 g/mol. The average Bonchev–Trinajstić information content (AvgIpc) is 2.90. The molecule has 0 radical (unpaired) electrons. The molecule has 2 rings (SSSR count). The van der Waals surface area contributed by atoms with E-state index in [0.29, 0.717) is 11.4 Å². The first-order chi connectivity index (χ1) is 9.95. The summed E-state index contributed by atoms with van der Waals surface area (Å²) in [6.07, 6.45) is 0. The normalized spacial score (nSPS) is 10.2. The predicted molar refractivity (Wildman–Crippen MR) is 75.6 cm³/mol. The van der Waals surface area contributed by atoms with E-state index < -0.39 is 17.8 Å². The number of furan rings is 1. The summed E-state index contributed by atoms with van der Waals surface area (Å²) in [5.74, 6) is -1.50. The van der Waals surface area contributed by atoms with Gasteiger partial charge in [-0.05, 0) is 46.3 Å². The lowest BCUT2D eigenvalue weighted by atomic mass is 10.3. The first-order valence-electron chi connectivity index (χ1n) is 5.77. The summed E-state index contributed by atoms with van der Waals surface area (Å²) in [7, 11) is 0. The van der Waals surface area contributed by atoms with E-state index in [0.717, 1.165) is 0 Å². The number of amides is 2. The highest BCUT2D eigenvalue weighted by atomic mass is 79.9. The maximum atomic E-state index is 13.0. The molecule has 1 aromatic heterocycles. The van der Waals surface area contributed by atoms with Gasteiger partial charge < -0.3 is 20.2 Å². The molecule has 0 fully saturated rings. The quantitative estimate of drug-likeness (QED) is 0.784. The predicted octanol–water partition coefficient (Wildman–Crippen LogP) is 3.20. The molecular weight excluding hydrogens is 347 g/mol. The second-order valence-electron chi connectivity index (χ2n) is 4.01. The molecule has 0 aliphatic heterocycles. The van der Waals surface area contributed by atoms with E-state index in [1.54, 1.807) is 0 Å². The third-order valence-corrected chi connectivity index (χ3v) is 3.08. The van der Waals surface area contributed by atoms with Gasteiger partial charge in [-0.25, -0.2) is 14.0 Å². The number of aromatic carboxylic acids is 1. The summed E-state index contributed by atoms with van der Waals surface area (Å²) in [5, 5.41) is 13.7. The SMILES string of the molecule is O=C(NCc1ccc(C(=O)O)o1)Nc1ccc(F)c(Br)c1. The Labute approximate surface area is 127 Å². The van der Waals surface area contributed by atoms with Gasteiger partial charge in [0, 0.05) is 5.69 Å². The van der Waals surface area contributed by atoms with Gasteiger partial charge in [-0.1, -0.05) is 0 Å². The van der Waals surface area contributed by atoms with E-state index >= 15 is 0 Å². The van der Waals surface area contributed by atoms with Crippen molar-refractivity contribution in [3.05, 3.63) is 52.1 Å². The fourth-order valence-corrected chi connectivity index (χ4v) is 1.88. The van der Waals surface area contributed by atoms with Crippen LogP contribution in [0.25, 0.3) is 0 Å². The third kappa shape index (κ3) is 4.06. The molecular formula is C13H10BrFN2O4. The summed E-state index contributed by atoms with van der Waals surface area (Å²) in [6, 6.07) is 6.28. The van der Waals surface area contributed by atoms with Crippen LogP contribution in [0.1, 0.15) is 16.3 Å². The number of carbonyl (C=O) groups is 2. The molecule has 1 aromatic carbocycles. The Kier molecular flexibility index (Phi) is 4.59. The number of anilines is 1. The number of carboxylic acid groups (broad SMARTS) is 1. The summed E-state index contributed by atoms with van der Waals surface area (Å²) in [4.78, 5) is 22.3. The first-order valence-corrected chi connectivity index (χ1v) is 6.57. The van der Waals surface area contributed by atoms with Gasteiger partial charge in [0.05, 0.1) is 11.0 Å². The zero-order valence-electron chi connectivity index (χ0n) is 10.5. The molecule has 6 nitrogen and oxygen atoms in total. The number of hydrogen-bond acceptors (Lipinski definition) is 3. The van der Waals surface area contributed by atoms with Crippen LogP contribution in [0.5, 0.6) is 0 Å². The molecule has 0 atom stereocenters. The van der Waals surface area contributed by atoms with Crippen molar-refractivity contribution in [3.63, 3.8) is 0 Å². The topological polar surface area (TPSA) is 91.6 Å². The van der Waals surface area contributed by atoms with Crippen molar-refractivity contribution in [1.29, 1.82) is 0 Å². The highest BCUT2D eigenvalue weighted by Gasteiger charge is 2.10. The molecule has 2 aromatic rings. The third-order valence-electron chi connectivity index (χ3n) is 2.47. The van der Waals surface area contributed by atoms with Crippen LogP contribution in [0.15, 0.2) is 39.2 Å². The van der Waals surface area contributed by atoms with Gasteiger partial charge in [-0.15, -0.1) is 0 Å². The number of hydrogen-bond donors (Lipinski definition) is 3. The molecule has 3 N–H and O–H groups in total. The van der Waals surface area contributed by atoms with Crippen LogP contribution in [-0.2, 0) is 6.54 Å². The molecule has 8 heteroatoms. The van der Waals surface area contributed by atoms with Crippen molar-refractivity contribution in [2.45, 2.75) is 6.54 Å². The fraction of sp³-hybridized carbons (Fsp3) is 0.0769. The molecule has 0 aliphatic carbocycles. The van der Waals surface area contributed by atoms with Gasteiger partial charge in [0.25, 0.3) is 0 Å². The minimum atomic E-state index is -1.18. The van der Waals surface area contributed by atoms with Crippen LogP contribution < -0.4 is 10.6 Å². The molecule has 0 saturated heterocycles. The highest BCUT2D eigenvalue weighted by molar-refractivity contribution is 9.10. The lowest BCUT2D eigenvalue weighted by Gasteiger charge is -2.07. The molecule has 0 saturated carbocycles.